The third kappa shape index (κ3) is 7.25. The van der Waals surface area contributed by atoms with E-state index >= 15 is 0 Å². The Balaban J connectivity index is 1.75. The minimum absolute atomic E-state index is 0.612. The van der Waals surface area contributed by atoms with Gasteiger partial charge in [-0.25, -0.2) is 4.99 Å². The van der Waals surface area contributed by atoms with E-state index in [9.17, 15) is 0 Å². The standard InChI is InChI=1S/C20H37N5S/c1-5-18-8-9-19(26-18)15-23-20(21-6-2)22-14-17(4)16-25-12-10-24(7-3)11-13-25/h8-9,17H,5-7,10-16H2,1-4H3,(H2,21,22,23). The fourth-order valence-electron chi connectivity index (χ4n) is 3.26. The highest BCUT2D eigenvalue weighted by atomic mass is 32.1. The highest BCUT2D eigenvalue weighted by Gasteiger charge is 2.17. The molecular weight excluding hydrogens is 342 g/mol. The average Bonchev–Trinajstić information content (AvgIpc) is 3.13. The molecule has 2 N–H and O–H groups in total. The number of aryl methyl sites for hydroxylation is 1. The first-order valence-corrected chi connectivity index (χ1v) is 11.0. The van der Waals surface area contributed by atoms with Gasteiger partial charge in [0, 0.05) is 55.6 Å². The molecular formula is C20H37N5S. The van der Waals surface area contributed by atoms with E-state index in [1.165, 1.54) is 42.5 Å². The monoisotopic (exact) mass is 379 g/mol. The molecule has 148 valence electrons. The Kier molecular flexibility index (Phi) is 9.43. The van der Waals surface area contributed by atoms with Gasteiger partial charge in [0.1, 0.15) is 0 Å². The Hall–Kier alpha value is -1.11. The molecule has 2 rings (SSSR count). The topological polar surface area (TPSA) is 42.9 Å². The van der Waals surface area contributed by atoms with Gasteiger partial charge >= 0.3 is 0 Å². The van der Waals surface area contributed by atoms with Crippen LogP contribution >= 0.6 is 11.3 Å². The number of nitrogens with one attached hydrogen (secondary N) is 2. The highest BCUT2D eigenvalue weighted by molar-refractivity contribution is 7.11. The zero-order chi connectivity index (χ0) is 18.8. The molecule has 0 spiro atoms. The fourth-order valence-corrected chi connectivity index (χ4v) is 4.14. The van der Waals surface area contributed by atoms with Crippen molar-refractivity contribution < 1.29 is 0 Å². The first-order chi connectivity index (χ1) is 12.6. The van der Waals surface area contributed by atoms with E-state index in [-0.39, 0.29) is 0 Å². The molecule has 0 radical (unpaired) electrons. The Morgan fingerprint density at radius 2 is 1.77 bits per heavy atom. The largest absolute Gasteiger partial charge is 0.357 e. The molecule has 0 amide bonds. The molecule has 0 bridgehead atoms. The third-order valence-electron chi connectivity index (χ3n) is 4.90. The summed E-state index contributed by atoms with van der Waals surface area (Å²) < 4.78 is 0. The smallest absolute Gasteiger partial charge is 0.191 e. The van der Waals surface area contributed by atoms with E-state index in [1.54, 1.807) is 0 Å². The van der Waals surface area contributed by atoms with Crippen molar-refractivity contribution in [3.8, 4) is 0 Å². The van der Waals surface area contributed by atoms with Gasteiger partial charge < -0.3 is 20.4 Å². The molecule has 26 heavy (non-hydrogen) atoms. The molecule has 5 nitrogen and oxygen atoms in total. The first kappa shape index (κ1) is 21.2. The summed E-state index contributed by atoms with van der Waals surface area (Å²) in [6, 6.07) is 4.42. The first-order valence-electron chi connectivity index (χ1n) is 10.2. The van der Waals surface area contributed by atoms with Gasteiger partial charge in [-0.2, -0.15) is 0 Å². The lowest BCUT2D eigenvalue weighted by Crippen LogP contribution is -2.48. The van der Waals surface area contributed by atoms with Gasteiger partial charge in [-0.05, 0) is 37.9 Å². The number of piperazine rings is 1. The average molecular weight is 380 g/mol. The second-order valence-electron chi connectivity index (χ2n) is 7.14. The molecule has 1 aliphatic rings. The summed E-state index contributed by atoms with van der Waals surface area (Å²) in [5, 5.41) is 6.90. The van der Waals surface area contributed by atoms with E-state index < -0.39 is 0 Å². The molecule has 0 aromatic carbocycles. The van der Waals surface area contributed by atoms with E-state index in [4.69, 9.17) is 4.99 Å². The summed E-state index contributed by atoms with van der Waals surface area (Å²) >= 11 is 1.87. The van der Waals surface area contributed by atoms with Crippen LogP contribution in [0.1, 0.15) is 37.4 Å². The van der Waals surface area contributed by atoms with Gasteiger partial charge in [-0.1, -0.05) is 20.8 Å². The normalized spacial score (nSPS) is 18.1. The predicted octanol–water partition coefficient (Wildman–Crippen LogP) is 2.64. The molecule has 1 fully saturated rings. The van der Waals surface area contributed by atoms with Crippen LogP contribution in [0.15, 0.2) is 17.1 Å². The number of rotatable bonds is 9. The molecule has 1 aromatic rings. The summed E-state index contributed by atoms with van der Waals surface area (Å²) in [5.41, 5.74) is 0. The van der Waals surface area contributed by atoms with Gasteiger partial charge in [0.15, 0.2) is 5.96 Å². The third-order valence-corrected chi connectivity index (χ3v) is 6.12. The van der Waals surface area contributed by atoms with Gasteiger partial charge in [0.25, 0.3) is 0 Å². The summed E-state index contributed by atoms with van der Waals surface area (Å²) in [7, 11) is 0. The molecule has 1 aromatic heterocycles. The zero-order valence-electron chi connectivity index (χ0n) is 17.1. The quantitative estimate of drug-likeness (QED) is 0.511. The van der Waals surface area contributed by atoms with Crippen molar-refractivity contribution in [1.82, 2.24) is 20.4 Å². The van der Waals surface area contributed by atoms with E-state index in [1.807, 2.05) is 11.3 Å². The molecule has 1 atom stereocenters. The second-order valence-corrected chi connectivity index (χ2v) is 8.39. The number of thiophene rings is 1. The van der Waals surface area contributed by atoms with E-state index in [0.29, 0.717) is 5.92 Å². The van der Waals surface area contributed by atoms with Gasteiger partial charge in [0.2, 0.25) is 0 Å². The summed E-state index contributed by atoms with van der Waals surface area (Å²) in [6.07, 6.45) is 1.11. The Morgan fingerprint density at radius 1 is 1.08 bits per heavy atom. The molecule has 0 aliphatic carbocycles. The summed E-state index contributed by atoms with van der Waals surface area (Å²) in [4.78, 5) is 12.7. The Labute approximate surface area is 163 Å². The van der Waals surface area contributed by atoms with Crippen LogP contribution < -0.4 is 10.6 Å². The van der Waals surface area contributed by atoms with Crippen LogP contribution in [0.5, 0.6) is 0 Å². The van der Waals surface area contributed by atoms with Gasteiger partial charge in [-0.3, -0.25) is 0 Å². The SMILES string of the molecule is CCNC(=NCc1ccc(CC)s1)NCC(C)CN1CCN(CC)CC1. The van der Waals surface area contributed by atoms with E-state index in [2.05, 4.69) is 60.3 Å². The zero-order valence-corrected chi connectivity index (χ0v) is 17.9. The molecule has 0 saturated carbocycles. The Morgan fingerprint density at radius 3 is 2.38 bits per heavy atom. The van der Waals surface area contributed by atoms with Crippen molar-refractivity contribution in [2.75, 3.05) is 52.4 Å². The lowest BCUT2D eigenvalue weighted by molar-refractivity contribution is 0.124. The minimum Gasteiger partial charge on any atom is -0.357 e. The van der Waals surface area contributed by atoms with Crippen molar-refractivity contribution in [2.45, 2.75) is 40.7 Å². The van der Waals surface area contributed by atoms with Crippen LogP contribution in [0.2, 0.25) is 0 Å². The molecule has 1 unspecified atom stereocenters. The predicted molar refractivity (Wildman–Crippen MR) is 114 cm³/mol. The maximum absolute atomic E-state index is 4.76. The lowest BCUT2D eigenvalue weighted by Gasteiger charge is -2.35. The van der Waals surface area contributed by atoms with Crippen LogP contribution in [0.25, 0.3) is 0 Å². The second kappa shape index (κ2) is 11.6. The molecule has 1 aliphatic heterocycles. The number of hydrogen-bond donors (Lipinski definition) is 2. The van der Waals surface area contributed by atoms with Crippen molar-refractivity contribution in [3.05, 3.63) is 21.9 Å². The van der Waals surface area contributed by atoms with Crippen LogP contribution in [0.4, 0.5) is 0 Å². The fraction of sp³-hybridized carbons (Fsp3) is 0.750. The van der Waals surface area contributed by atoms with Crippen molar-refractivity contribution >= 4 is 17.3 Å². The van der Waals surface area contributed by atoms with Crippen LogP contribution in [-0.4, -0.2) is 68.1 Å². The summed E-state index contributed by atoms with van der Waals surface area (Å²) in [5.74, 6) is 1.54. The van der Waals surface area contributed by atoms with Crippen LogP contribution in [0, 0.1) is 5.92 Å². The maximum atomic E-state index is 4.76. The van der Waals surface area contributed by atoms with Gasteiger partial charge in [-0.15, -0.1) is 11.3 Å². The van der Waals surface area contributed by atoms with E-state index in [0.717, 1.165) is 38.6 Å². The summed E-state index contributed by atoms with van der Waals surface area (Å²) in [6.45, 7) is 18.7. The molecule has 6 heteroatoms. The molecule has 1 saturated heterocycles. The number of nitrogens with zero attached hydrogens (tertiary/aromatic N) is 3. The number of guanidine groups is 1. The number of aliphatic imine (C=N–C) groups is 1. The number of hydrogen-bond acceptors (Lipinski definition) is 4. The maximum Gasteiger partial charge on any atom is 0.191 e. The van der Waals surface area contributed by atoms with Crippen LogP contribution in [-0.2, 0) is 13.0 Å². The number of likely N-dealkylation sites (N-methyl/N-ethyl adjacent to an activating group) is 1. The molecule has 2 heterocycles. The van der Waals surface area contributed by atoms with Gasteiger partial charge in [0.05, 0.1) is 6.54 Å². The highest BCUT2D eigenvalue weighted by Crippen LogP contribution is 2.17. The van der Waals surface area contributed by atoms with Crippen LogP contribution in [0.3, 0.4) is 0 Å². The van der Waals surface area contributed by atoms with Crippen molar-refractivity contribution in [3.63, 3.8) is 0 Å². The lowest BCUT2D eigenvalue weighted by atomic mass is 10.1. The Bertz CT molecular complexity index is 534. The van der Waals surface area contributed by atoms with Crippen molar-refractivity contribution in [2.24, 2.45) is 10.9 Å². The minimum atomic E-state index is 0.612. The van der Waals surface area contributed by atoms with Crippen molar-refractivity contribution in [1.29, 1.82) is 0 Å².